The predicted octanol–water partition coefficient (Wildman–Crippen LogP) is 23.8. The SMILES string of the molecule is CC/C=C\C/C=C\C/C=C\C/C=C\CCCCCCCCCCCCCCCCCCC(=O)OCC(COC(=O)CCCCCCCCCCCCCC)OC(=O)CCCCCCCC/C=C\C/C=C\C/C=C\CCCCCCC. The van der Waals surface area contributed by atoms with Crippen molar-refractivity contribution in [2.75, 3.05) is 13.2 Å². The summed E-state index contributed by atoms with van der Waals surface area (Å²) in [5.74, 6) is -0.872. The first-order chi connectivity index (χ1) is 39.5. The van der Waals surface area contributed by atoms with Gasteiger partial charge in [0.1, 0.15) is 13.2 Å². The Hall–Kier alpha value is -3.41. The van der Waals surface area contributed by atoms with Gasteiger partial charge in [0.2, 0.25) is 0 Å². The van der Waals surface area contributed by atoms with Crippen LogP contribution in [0.4, 0.5) is 0 Å². The second-order valence-electron chi connectivity index (χ2n) is 23.1. The summed E-state index contributed by atoms with van der Waals surface area (Å²) in [5, 5.41) is 0. The van der Waals surface area contributed by atoms with Gasteiger partial charge in [-0.3, -0.25) is 14.4 Å². The molecule has 1 atom stereocenters. The molecule has 0 saturated heterocycles. The molecule has 0 aliphatic rings. The highest BCUT2D eigenvalue weighted by Gasteiger charge is 2.19. The molecule has 80 heavy (non-hydrogen) atoms. The van der Waals surface area contributed by atoms with Crippen molar-refractivity contribution in [3.8, 4) is 0 Å². The van der Waals surface area contributed by atoms with E-state index in [9.17, 15) is 14.4 Å². The van der Waals surface area contributed by atoms with E-state index in [1.54, 1.807) is 0 Å². The molecule has 0 aliphatic heterocycles. The van der Waals surface area contributed by atoms with Crippen molar-refractivity contribution < 1.29 is 28.6 Å². The molecule has 0 rings (SSSR count). The highest BCUT2D eigenvalue weighted by Crippen LogP contribution is 2.17. The van der Waals surface area contributed by atoms with Crippen molar-refractivity contribution in [3.63, 3.8) is 0 Å². The first kappa shape index (κ1) is 76.6. The quantitative estimate of drug-likeness (QED) is 0.0261. The molecule has 0 amide bonds. The fourth-order valence-corrected chi connectivity index (χ4v) is 9.97. The Labute approximate surface area is 496 Å². The zero-order valence-corrected chi connectivity index (χ0v) is 53.1. The second-order valence-corrected chi connectivity index (χ2v) is 23.1. The summed E-state index contributed by atoms with van der Waals surface area (Å²) >= 11 is 0. The van der Waals surface area contributed by atoms with Gasteiger partial charge in [0, 0.05) is 19.3 Å². The lowest BCUT2D eigenvalue weighted by atomic mass is 10.0. The third-order valence-electron chi connectivity index (χ3n) is 15.1. The maximum atomic E-state index is 12.9. The Bertz CT molecular complexity index is 1520. The van der Waals surface area contributed by atoms with Crippen LogP contribution in [0.3, 0.4) is 0 Å². The first-order valence-electron chi connectivity index (χ1n) is 34.6. The molecule has 0 N–H and O–H groups in total. The van der Waals surface area contributed by atoms with E-state index < -0.39 is 6.10 Å². The van der Waals surface area contributed by atoms with Crippen LogP contribution in [-0.4, -0.2) is 37.2 Å². The van der Waals surface area contributed by atoms with Crippen LogP contribution in [-0.2, 0) is 28.6 Å². The third-order valence-corrected chi connectivity index (χ3v) is 15.1. The number of esters is 3. The van der Waals surface area contributed by atoms with Gasteiger partial charge in [0.05, 0.1) is 0 Å². The number of allylic oxidation sites excluding steroid dienone is 14. The van der Waals surface area contributed by atoms with Crippen molar-refractivity contribution in [1.29, 1.82) is 0 Å². The van der Waals surface area contributed by atoms with Gasteiger partial charge < -0.3 is 14.2 Å². The third kappa shape index (κ3) is 65.4. The summed E-state index contributed by atoms with van der Waals surface area (Å²) in [7, 11) is 0. The Balaban J connectivity index is 4.24. The molecule has 6 heteroatoms. The molecule has 0 heterocycles. The van der Waals surface area contributed by atoms with Gasteiger partial charge in [-0.1, -0.05) is 318 Å². The minimum absolute atomic E-state index is 0.0773. The van der Waals surface area contributed by atoms with E-state index in [0.29, 0.717) is 19.3 Å². The number of carbonyl (C=O) groups excluding carboxylic acids is 3. The lowest BCUT2D eigenvalue weighted by molar-refractivity contribution is -0.167. The van der Waals surface area contributed by atoms with Crippen LogP contribution in [0.1, 0.15) is 348 Å². The molecule has 0 aromatic rings. The Kier molecular flexibility index (Phi) is 65.2. The second kappa shape index (κ2) is 68.1. The molecule has 0 radical (unpaired) electrons. The lowest BCUT2D eigenvalue weighted by Crippen LogP contribution is -2.30. The Morgan fingerprint density at radius 1 is 0.263 bits per heavy atom. The standard InChI is InChI=1S/C74H130O6/c1-4-7-10-13-16-19-22-25-27-29-31-33-34-35-36-37-38-39-40-42-43-45-47-49-52-55-58-61-64-67-73(76)79-70-71(69-78-72(75)66-63-60-57-54-51-24-21-18-15-12-9-6-3)80-74(77)68-65-62-59-56-53-50-48-46-44-41-32-30-28-26-23-20-17-14-11-8-5-2/h7,10,16,19,23,25-27,30-33,44,46,71H,4-6,8-9,11-15,17-18,20-22,24,28-29,34-43,45,47-70H2,1-3H3/b10-7-,19-16-,26-23-,27-25-,32-30-,33-31-,46-44-. The molecule has 462 valence electrons. The van der Waals surface area contributed by atoms with Gasteiger partial charge in [-0.05, 0) is 96.3 Å². The number of hydrogen-bond donors (Lipinski definition) is 0. The molecule has 1 unspecified atom stereocenters. The molecular formula is C74H130O6. The summed E-state index contributed by atoms with van der Waals surface area (Å²) in [4.78, 5) is 38.4. The number of hydrogen-bond acceptors (Lipinski definition) is 6. The minimum atomic E-state index is -0.782. The maximum Gasteiger partial charge on any atom is 0.306 e. The fraction of sp³-hybridized carbons (Fsp3) is 0.770. The fourth-order valence-electron chi connectivity index (χ4n) is 9.97. The average molecular weight is 1120 g/mol. The van der Waals surface area contributed by atoms with E-state index in [4.69, 9.17) is 14.2 Å². The molecule has 6 nitrogen and oxygen atoms in total. The number of unbranched alkanes of at least 4 members (excludes halogenated alkanes) is 38. The molecule has 0 aromatic heterocycles. The summed E-state index contributed by atoms with van der Waals surface area (Å²) in [6.07, 6.45) is 90.3. The molecule has 0 saturated carbocycles. The van der Waals surface area contributed by atoms with E-state index in [2.05, 4.69) is 106 Å². The van der Waals surface area contributed by atoms with Crippen molar-refractivity contribution in [2.45, 2.75) is 354 Å². The molecule has 0 aromatic carbocycles. The monoisotopic (exact) mass is 1110 g/mol. The minimum Gasteiger partial charge on any atom is -0.462 e. The van der Waals surface area contributed by atoms with E-state index in [1.807, 2.05) is 0 Å². The zero-order chi connectivity index (χ0) is 57.8. The summed E-state index contributed by atoms with van der Waals surface area (Å²) < 4.78 is 17.0. The van der Waals surface area contributed by atoms with Gasteiger partial charge >= 0.3 is 17.9 Å². The van der Waals surface area contributed by atoms with Crippen LogP contribution in [0.15, 0.2) is 85.1 Å². The number of carbonyl (C=O) groups is 3. The predicted molar refractivity (Wildman–Crippen MR) is 348 cm³/mol. The van der Waals surface area contributed by atoms with Crippen molar-refractivity contribution in [1.82, 2.24) is 0 Å². The molecule has 0 fully saturated rings. The summed E-state index contributed by atoms with van der Waals surface area (Å²) in [6.45, 7) is 6.55. The summed E-state index contributed by atoms with van der Waals surface area (Å²) in [6, 6.07) is 0. The Morgan fingerprint density at radius 2 is 0.487 bits per heavy atom. The van der Waals surface area contributed by atoms with E-state index in [-0.39, 0.29) is 31.1 Å². The largest absolute Gasteiger partial charge is 0.462 e. The molecular weight excluding hydrogens is 985 g/mol. The normalized spacial score (nSPS) is 12.6. The molecule has 0 aliphatic carbocycles. The molecule has 0 spiro atoms. The maximum absolute atomic E-state index is 12.9. The van der Waals surface area contributed by atoms with E-state index in [0.717, 1.165) is 109 Å². The van der Waals surface area contributed by atoms with Gasteiger partial charge in [0.25, 0.3) is 0 Å². The lowest BCUT2D eigenvalue weighted by Gasteiger charge is -2.18. The van der Waals surface area contributed by atoms with E-state index >= 15 is 0 Å². The number of ether oxygens (including phenoxy) is 3. The topological polar surface area (TPSA) is 78.9 Å². The smallest absolute Gasteiger partial charge is 0.306 e. The Morgan fingerprint density at radius 3 is 0.762 bits per heavy atom. The average Bonchev–Trinajstić information content (AvgIpc) is 3.46. The first-order valence-corrected chi connectivity index (χ1v) is 34.6. The van der Waals surface area contributed by atoms with Gasteiger partial charge in [-0.15, -0.1) is 0 Å². The van der Waals surface area contributed by atoms with Gasteiger partial charge in [-0.2, -0.15) is 0 Å². The summed E-state index contributed by atoms with van der Waals surface area (Å²) in [5.41, 5.74) is 0. The highest BCUT2D eigenvalue weighted by atomic mass is 16.6. The van der Waals surface area contributed by atoms with Gasteiger partial charge in [0.15, 0.2) is 6.10 Å². The zero-order valence-electron chi connectivity index (χ0n) is 53.1. The van der Waals surface area contributed by atoms with Crippen molar-refractivity contribution in [3.05, 3.63) is 85.1 Å². The number of rotatable bonds is 63. The van der Waals surface area contributed by atoms with Crippen LogP contribution in [0.5, 0.6) is 0 Å². The highest BCUT2D eigenvalue weighted by molar-refractivity contribution is 5.71. The van der Waals surface area contributed by atoms with Crippen LogP contribution in [0.2, 0.25) is 0 Å². The van der Waals surface area contributed by atoms with E-state index in [1.165, 1.54) is 199 Å². The van der Waals surface area contributed by atoms with Gasteiger partial charge in [-0.25, -0.2) is 0 Å². The van der Waals surface area contributed by atoms with Crippen molar-refractivity contribution >= 4 is 17.9 Å². The molecule has 0 bridgehead atoms. The van der Waals surface area contributed by atoms with Crippen LogP contribution in [0.25, 0.3) is 0 Å². The van der Waals surface area contributed by atoms with Crippen molar-refractivity contribution in [2.24, 2.45) is 0 Å². The van der Waals surface area contributed by atoms with Crippen LogP contribution < -0.4 is 0 Å². The van der Waals surface area contributed by atoms with Crippen LogP contribution in [0, 0.1) is 0 Å². The van der Waals surface area contributed by atoms with Crippen LogP contribution >= 0.6 is 0 Å².